The third-order valence-corrected chi connectivity index (χ3v) is 2.75. The van der Waals surface area contributed by atoms with Gasteiger partial charge in [0.15, 0.2) is 5.69 Å². The summed E-state index contributed by atoms with van der Waals surface area (Å²) in [6.45, 7) is 1.76. The van der Waals surface area contributed by atoms with Gasteiger partial charge in [0.2, 0.25) is 0 Å². The molecule has 1 aromatic carbocycles. The monoisotopic (exact) mass is 328 g/mol. The van der Waals surface area contributed by atoms with Gasteiger partial charge in [0.25, 0.3) is 5.56 Å². The lowest BCUT2D eigenvalue weighted by Crippen LogP contribution is -1.96. The van der Waals surface area contributed by atoms with Crippen LogP contribution in [0.3, 0.4) is 0 Å². The second kappa shape index (κ2) is 4.60. The number of aryl methyl sites for hydroxylation is 1. The molecule has 0 unspecified atom stereocenters. The molecule has 6 heteroatoms. The van der Waals surface area contributed by atoms with Crippen LogP contribution < -0.4 is 5.56 Å². The molecule has 0 bridgehead atoms. The Morgan fingerprint density at radius 1 is 1.12 bits per heavy atom. The summed E-state index contributed by atoms with van der Waals surface area (Å²) in [7, 11) is 0. The molecule has 0 saturated heterocycles. The summed E-state index contributed by atoms with van der Waals surface area (Å²) in [6, 6.07) is 7.56. The minimum absolute atomic E-state index is 0.258. The van der Waals surface area contributed by atoms with Crippen LogP contribution in [0.4, 0.5) is 11.4 Å². The molecule has 2 N–H and O–H groups in total. The van der Waals surface area contributed by atoms with Gasteiger partial charge in [-0.2, -0.15) is 5.11 Å². The van der Waals surface area contributed by atoms with Crippen LogP contribution in [0, 0.1) is 10.5 Å². The molecule has 1 aromatic heterocycles. The fourth-order valence-electron chi connectivity index (χ4n) is 1.18. The number of hydrogen-bond acceptors (Lipinski definition) is 3. The van der Waals surface area contributed by atoms with Crippen LogP contribution >= 0.6 is 22.6 Å². The number of aromatic nitrogens is 2. The van der Waals surface area contributed by atoms with Gasteiger partial charge in [-0.15, -0.1) is 5.11 Å². The van der Waals surface area contributed by atoms with Gasteiger partial charge in [0.1, 0.15) is 0 Å². The van der Waals surface area contributed by atoms with E-state index < -0.39 is 0 Å². The van der Waals surface area contributed by atoms with Gasteiger partial charge < -0.3 is 5.10 Å². The highest BCUT2D eigenvalue weighted by Crippen LogP contribution is 2.18. The van der Waals surface area contributed by atoms with Crippen molar-refractivity contribution in [3.63, 3.8) is 0 Å². The Labute approximate surface area is 105 Å². The average Bonchev–Trinajstić information content (AvgIpc) is 2.59. The lowest BCUT2D eigenvalue weighted by atomic mass is 10.3. The van der Waals surface area contributed by atoms with Gasteiger partial charge in [-0.1, -0.05) is 0 Å². The molecule has 0 fully saturated rings. The number of nitrogens with one attached hydrogen (secondary N) is 2. The zero-order valence-corrected chi connectivity index (χ0v) is 10.6. The molecular formula is C10H9IN4O. The van der Waals surface area contributed by atoms with Crippen molar-refractivity contribution < 1.29 is 0 Å². The Bertz CT molecular complexity index is 567. The normalized spacial score (nSPS) is 11.1. The van der Waals surface area contributed by atoms with Gasteiger partial charge in [0, 0.05) is 3.57 Å². The third kappa shape index (κ3) is 2.38. The van der Waals surface area contributed by atoms with Gasteiger partial charge in [0.05, 0.1) is 11.4 Å². The van der Waals surface area contributed by atoms with Crippen LogP contribution in [-0.4, -0.2) is 10.2 Å². The maximum atomic E-state index is 11.3. The van der Waals surface area contributed by atoms with E-state index in [0.29, 0.717) is 11.4 Å². The van der Waals surface area contributed by atoms with Crippen molar-refractivity contribution in [2.45, 2.75) is 6.92 Å². The number of azo groups is 1. The second-order valence-electron chi connectivity index (χ2n) is 3.23. The molecule has 0 aliphatic carbocycles. The molecule has 0 amide bonds. The maximum absolute atomic E-state index is 11.3. The Hall–Kier alpha value is -1.44. The van der Waals surface area contributed by atoms with Gasteiger partial charge >= 0.3 is 0 Å². The van der Waals surface area contributed by atoms with Crippen LogP contribution in [-0.2, 0) is 0 Å². The topological polar surface area (TPSA) is 73.4 Å². The maximum Gasteiger partial charge on any atom is 0.291 e. The minimum atomic E-state index is -0.258. The molecule has 0 atom stereocenters. The summed E-state index contributed by atoms with van der Waals surface area (Å²) in [6.07, 6.45) is 0. The number of hydrogen-bond donors (Lipinski definition) is 2. The first-order valence-corrected chi connectivity index (χ1v) is 5.69. The summed E-state index contributed by atoms with van der Waals surface area (Å²) in [5.74, 6) is 0. The number of rotatable bonds is 2. The number of halogens is 1. The van der Waals surface area contributed by atoms with Crippen molar-refractivity contribution in [1.82, 2.24) is 10.2 Å². The first kappa shape index (κ1) is 11.1. The largest absolute Gasteiger partial charge is 0.300 e. The lowest BCUT2D eigenvalue weighted by molar-refractivity contribution is 1.02. The smallest absolute Gasteiger partial charge is 0.291 e. The average molecular weight is 328 g/mol. The van der Waals surface area contributed by atoms with Crippen molar-refractivity contribution >= 4 is 34.0 Å². The van der Waals surface area contributed by atoms with E-state index in [1.54, 1.807) is 6.92 Å². The molecule has 82 valence electrons. The molecule has 2 aromatic rings. The van der Waals surface area contributed by atoms with E-state index in [2.05, 4.69) is 43.0 Å². The quantitative estimate of drug-likeness (QED) is 0.645. The van der Waals surface area contributed by atoms with E-state index in [0.717, 1.165) is 9.26 Å². The molecular weight excluding hydrogens is 319 g/mol. The lowest BCUT2D eigenvalue weighted by Gasteiger charge is -1.91. The molecule has 0 aliphatic heterocycles. The van der Waals surface area contributed by atoms with E-state index in [-0.39, 0.29) is 5.56 Å². The Kier molecular flexibility index (Phi) is 3.18. The Morgan fingerprint density at radius 3 is 2.38 bits per heavy atom. The molecule has 0 aliphatic rings. The van der Waals surface area contributed by atoms with Crippen molar-refractivity contribution in [3.05, 3.63) is 43.9 Å². The van der Waals surface area contributed by atoms with Crippen molar-refractivity contribution in [2.24, 2.45) is 10.2 Å². The Balaban J connectivity index is 2.28. The standard InChI is InChI=1S/C10H9IN4O/c1-6-9(10(16)15-12-6)14-13-8-4-2-7(11)3-5-8/h2-5H,1H3,(H2,12,15,16). The predicted octanol–water partition coefficient (Wildman–Crippen LogP) is 3.03. The minimum Gasteiger partial charge on any atom is -0.300 e. The van der Waals surface area contributed by atoms with Gasteiger partial charge in [-0.3, -0.25) is 9.89 Å². The zero-order valence-electron chi connectivity index (χ0n) is 8.49. The molecule has 1 heterocycles. The van der Waals surface area contributed by atoms with Crippen molar-refractivity contribution in [3.8, 4) is 0 Å². The van der Waals surface area contributed by atoms with E-state index in [9.17, 15) is 4.79 Å². The fraction of sp³-hybridized carbons (Fsp3) is 0.100. The molecule has 0 spiro atoms. The molecule has 16 heavy (non-hydrogen) atoms. The zero-order chi connectivity index (χ0) is 11.5. The first-order valence-electron chi connectivity index (χ1n) is 4.61. The number of nitrogens with zero attached hydrogens (tertiary/aromatic N) is 2. The molecule has 0 saturated carbocycles. The van der Waals surface area contributed by atoms with Gasteiger partial charge in [-0.05, 0) is 53.8 Å². The summed E-state index contributed by atoms with van der Waals surface area (Å²) >= 11 is 2.21. The summed E-state index contributed by atoms with van der Waals surface area (Å²) in [5.41, 5.74) is 1.46. The first-order chi connectivity index (χ1) is 7.66. The van der Waals surface area contributed by atoms with Gasteiger partial charge in [-0.25, -0.2) is 0 Å². The summed E-state index contributed by atoms with van der Waals surface area (Å²) in [4.78, 5) is 11.3. The molecule has 5 nitrogen and oxygen atoms in total. The fourth-order valence-corrected chi connectivity index (χ4v) is 1.53. The summed E-state index contributed by atoms with van der Waals surface area (Å²) < 4.78 is 1.13. The van der Waals surface area contributed by atoms with E-state index in [4.69, 9.17) is 0 Å². The van der Waals surface area contributed by atoms with Crippen LogP contribution in [0.25, 0.3) is 0 Å². The van der Waals surface area contributed by atoms with Crippen LogP contribution in [0.2, 0.25) is 0 Å². The second-order valence-corrected chi connectivity index (χ2v) is 4.47. The highest BCUT2D eigenvalue weighted by Gasteiger charge is 2.03. The third-order valence-electron chi connectivity index (χ3n) is 2.03. The van der Waals surface area contributed by atoms with Crippen LogP contribution in [0.5, 0.6) is 0 Å². The number of aromatic amines is 2. The predicted molar refractivity (Wildman–Crippen MR) is 69.5 cm³/mol. The van der Waals surface area contributed by atoms with E-state index in [1.807, 2.05) is 24.3 Å². The molecule has 0 radical (unpaired) electrons. The summed E-state index contributed by atoms with van der Waals surface area (Å²) in [5, 5.41) is 13.0. The van der Waals surface area contributed by atoms with Crippen LogP contribution in [0.15, 0.2) is 39.3 Å². The van der Waals surface area contributed by atoms with Crippen molar-refractivity contribution in [1.29, 1.82) is 0 Å². The highest BCUT2D eigenvalue weighted by atomic mass is 127. The van der Waals surface area contributed by atoms with Crippen molar-refractivity contribution in [2.75, 3.05) is 0 Å². The SMILES string of the molecule is Cc1[nH][nH]c(=O)c1N=Nc1ccc(I)cc1. The number of H-pyrrole nitrogens is 2. The number of benzene rings is 1. The Morgan fingerprint density at radius 2 is 1.81 bits per heavy atom. The van der Waals surface area contributed by atoms with Crippen LogP contribution in [0.1, 0.15) is 5.69 Å². The highest BCUT2D eigenvalue weighted by molar-refractivity contribution is 14.1. The van der Waals surface area contributed by atoms with E-state index >= 15 is 0 Å². The van der Waals surface area contributed by atoms with E-state index in [1.165, 1.54) is 0 Å². The molecule has 2 rings (SSSR count).